The highest BCUT2D eigenvalue weighted by Gasteiger charge is 2.32. The number of piperazine rings is 1. The van der Waals surface area contributed by atoms with Gasteiger partial charge in [-0.2, -0.15) is 0 Å². The summed E-state index contributed by atoms with van der Waals surface area (Å²) in [5.74, 6) is 3.40. The summed E-state index contributed by atoms with van der Waals surface area (Å²) in [4.78, 5) is 31.8. The first kappa shape index (κ1) is 23.8. The number of methoxy groups -OCH3 is 3. The number of benzene rings is 1. The van der Waals surface area contributed by atoms with Crippen LogP contribution in [0.25, 0.3) is 0 Å². The third-order valence-corrected chi connectivity index (χ3v) is 7.00. The summed E-state index contributed by atoms with van der Waals surface area (Å²) in [5.41, 5.74) is 3.18. The lowest BCUT2D eigenvalue weighted by Crippen LogP contribution is -2.47. The SMILES string of the molecule is COc1cc(C2CC(=O)c3c(C)nc(N4CCN(c5ccccn5)CC4)nc3C2)cc(OC)c1OC. The third kappa shape index (κ3) is 4.41. The Morgan fingerprint density at radius 3 is 2.19 bits per heavy atom. The summed E-state index contributed by atoms with van der Waals surface area (Å²) in [6.45, 7) is 5.16. The van der Waals surface area contributed by atoms with Crippen LogP contribution in [-0.4, -0.2) is 68.2 Å². The Labute approximate surface area is 211 Å². The van der Waals surface area contributed by atoms with Crippen molar-refractivity contribution in [2.24, 2.45) is 0 Å². The molecule has 5 rings (SSSR count). The Hall–Kier alpha value is -3.88. The minimum atomic E-state index is -0.0399. The molecule has 1 saturated heterocycles. The first-order valence-electron chi connectivity index (χ1n) is 12.1. The summed E-state index contributed by atoms with van der Waals surface area (Å²) in [5, 5.41) is 0. The Morgan fingerprint density at radius 2 is 1.58 bits per heavy atom. The molecule has 0 saturated carbocycles. The van der Waals surface area contributed by atoms with E-state index in [2.05, 4.69) is 14.8 Å². The smallest absolute Gasteiger partial charge is 0.225 e. The molecule has 1 unspecified atom stereocenters. The van der Waals surface area contributed by atoms with Crippen molar-refractivity contribution in [3.63, 3.8) is 0 Å². The number of rotatable bonds is 6. The number of fused-ring (bicyclic) bond motifs is 1. The van der Waals surface area contributed by atoms with E-state index in [4.69, 9.17) is 24.2 Å². The minimum Gasteiger partial charge on any atom is -0.493 e. The molecule has 0 N–H and O–H groups in total. The molecule has 1 aromatic carbocycles. The van der Waals surface area contributed by atoms with Gasteiger partial charge in [0.2, 0.25) is 11.7 Å². The van der Waals surface area contributed by atoms with Crippen molar-refractivity contribution in [2.75, 3.05) is 57.3 Å². The minimum absolute atomic E-state index is 0.0399. The van der Waals surface area contributed by atoms with Crippen LogP contribution in [0.15, 0.2) is 36.5 Å². The van der Waals surface area contributed by atoms with Crippen LogP contribution in [0, 0.1) is 6.92 Å². The number of nitrogens with zero attached hydrogens (tertiary/aromatic N) is 5. The predicted molar refractivity (Wildman–Crippen MR) is 137 cm³/mol. The van der Waals surface area contributed by atoms with Crippen LogP contribution in [-0.2, 0) is 6.42 Å². The van der Waals surface area contributed by atoms with Gasteiger partial charge in [-0.15, -0.1) is 0 Å². The van der Waals surface area contributed by atoms with Gasteiger partial charge < -0.3 is 24.0 Å². The molecule has 1 aliphatic heterocycles. The number of carbonyl (C=O) groups is 1. The Bertz CT molecular complexity index is 1230. The third-order valence-electron chi connectivity index (χ3n) is 7.00. The van der Waals surface area contributed by atoms with Gasteiger partial charge in [0, 0.05) is 38.8 Å². The second kappa shape index (κ2) is 10.0. The zero-order valence-corrected chi connectivity index (χ0v) is 21.2. The van der Waals surface area contributed by atoms with Crippen LogP contribution >= 0.6 is 0 Å². The average Bonchev–Trinajstić information content (AvgIpc) is 2.92. The second-order valence-corrected chi connectivity index (χ2v) is 9.08. The predicted octanol–water partition coefficient (Wildman–Crippen LogP) is 3.45. The van der Waals surface area contributed by atoms with Crippen molar-refractivity contribution in [3.8, 4) is 17.2 Å². The number of ether oxygens (including phenoxy) is 3. The maximum atomic E-state index is 13.2. The molecule has 188 valence electrons. The van der Waals surface area contributed by atoms with Crippen LogP contribution in [0.2, 0.25) is 0 Å². The summed E-state index contributed by atoms with van der Waals surface area (Å²) >= 11 is 0. The number of aryl methyl sites for hydroxylation is 1. The molecular formula is C27H31N5O4. The zero-order valence-electron chi connectivity index (χ0n) is 21.2. The number of ketones is 1. The van der Waals surface area contributed by atoms with Crippen LogP contribution in [0.3, 0.4) is 0 Å². The van der Waals surface area contributed by atoms with E-state index >= 15 is 0 Å². The molecule has 9 nitrogen and oxygen atoms in total. The lowest BCUT2D eigenvalue weighted by atomic mass is 9.81. The topological polar surface area (TPSA) is 89.9 Å². The molecule has 0 spiro atoms. The normalized spacial score (nSPS) is 17.6. The van der Waals surface area contributed by atoms with Crippen LogP contribution in [0.1, 0.15) is 39.6 Å². The van der Waals surface area contributed by atoms with Gasteiger partial charge >= 0.3 is 0 Å². The zero-order chi connectivity index (χ0) is 25.2. The molecular weight excluding hydrogens is 458 g/mol. The van der Waals surface area contributed by atoms with E-state index < -0.39 is 0 Å². The van der Waals surface area contributed by atoms with E-state index in [9.17, 15) is 4.79 Å². The molecule has 1 atom stereocenters. The largest absolute Gasteiger partial charge is 0.493 e. The Morgan fingerprint density at radius 1 is 0.889 bits per heavy atom. The number of hydrogen-bond acceptors (Lipinski definition) is 9. The molecule has 36 heavy (non-hydrogen) atoms. The molecule has 3 aromatic rings. The van der Waals surface area contributed by atoms with E-state index in [0.29, 0.717) is 41.6 Å². The molecule has 2 aliphatic rings. The van der Waals surface area contributed by atoms with Crippen LogP contribution in [0.5, 0.6) is 17.2 Å². The average molecular weight is 490 g/mol. The van der Waals surface area contributed by atoms with Gasteiger partial charge in [0.25, 0.3) is 0 Å². The fraction of sp³-hybridized carbons (Fsp3) is 0.407. The number of Topliss-reactive ketones (excluding diaryl/α,β-unsaturated/α-hetero) is 1. The van der Waals surface area contributed by atoms with Crippen LogP contribution < -0.4 is 24.0 Å². The molecule has 0 bridgehead atoms. The lowest BCUT2D eigenvalue weighted by molar-refractivity contribution is 0.0961. The van der Waals surface area contributed by atoms with E-state index in [1.165, 1.54) is 0 Å². The second-order valence-electron chi connectivity index (χ2n) is 9.08. The Kier molecular flexibility index (Phi) is 6.63. The first-order chi connectivity index (χ1) is 17.5. The van der Waals surface area contributed by atoms with Gasteiger partial charge in [-0.3, -0.25) is 4.79 Å². The van der Waals surface area contributed by atoms with E-state index in [1.807, 2.05) is 43.5 Å². The standard InChI is InChI=1S/C27H31N5O4/c1-17-25-20(30-27(29-17)32-11-9-31(10-12-32)24-7-5-6-8-28-24)13-18(14-21(25)33)19-15-22(34-2)26(36-4)23(16-19)35-3/h5-8,15-16,18H,9-14H2,1-4H3. The van der Waals surface area contributed by atoms with E-state index in [1.54, 1.807) is 21.3 Å². The number of pyridine rings is 1. The monoisotopic (exact) mass is 489 g/mol. The van der Waals surface area contributed by atoms with E-state index in [-0.39, 0.29) is 11.7 Å². The first-order valence-corrected chi connectivity index (χ1v) is 12.1. The molecule has 2 aromatic heterocycles. The molecule has 1 fully saturated rings. The highest BCUT2D eigenvalue weighted by atomic mass is 16.5. The van der Waals surface area contributed by atoms with E-state index in [0.717, 1.165) is 48.9 Å². The summed E-state index contributed by atoms with van der Waals surface area (Å²) in [6.07, 6.45) is 2.85. The molecule has 9 heteroatoms. The summed E-state index contributed by atoms with van der Waals surface area (Å²) < 4.78 is 16.5. The van der Waals surface area contributed by atoms with Crippen molar-refractivity contribution in [1.82, 2.24) is 15.0 Å². The van der Waals surface area contributed by atoms with Crippen molar-refractivity contribution in [1.29, 1.82) is 0 Å². The maximum absolute atomic E-state index is 13.2. The summed E-state index contributed by atoms with van der Waals surface area (Å²) in [6, 6.07) is 9.82. The van der Waals surface area contributed by atoms with Gasteiger partial charge in [0.1, 0.15) is 5.82 Å². The quantitative estimate of drug-likeness (QED) is 0.516. The highest BCUT2D eigenvalue weighted by Crippen LogP contribution is 2.43. The van der Waals surface area contributed by atoms with Gasteiger partial charge in [-0.25, -0.2) is 15.0 Å². The lowest BCUT2D eigenvalue weighted by Gasteiger charge is -2.36. The van der Waals surface area contributed by atoms with Gasteiger partial charge in [0.05, 0.1) is 38.3 Å². The number of carbonyl (C=O) groups excluding carboxylic acids is 1. The van der Waals surface area contributed by atoms with Crippen molar-refractivity contribution < 1.29 is 19.0 Å². The van der Waals surface area contributed by atoms with Gasteiger partial charge in [-0.1, -0.05) is 6.07 Å². The van der Waals surface area contributed by atoms with Gasteiger partial charge in [0.15, 0.2) is 17.3 Å². The Balaban J connectivity index is 1.40. The van der Waals surface area contributed by atoms with Crippen molar-refractivity contribution in [3.05, 3.63) is 59.0 Å². The molecule has 1 aliphatic carbocycles. The molecule has 0 radical (unpaired) electrons. The number of anilines is 2. The molecule has 3 heterocycles. The van der Waals surface area contributed by atoms with Gasteiger partial charge in [-0.05, 0) is 49.1 Å². The van der Waals surface area contributed by atoms with Crippen molar-refractivity contribution in [2.45, 2.75) is 25.7 Å². The number of aromatic nitrogens is 3. The maximum Gasteiger partial charge on any atom is 0.225 e. The fourth-order valence-electron chi connectivity index (χ4n) is 5.15. The highest BCUT2D eigenvalue weighted by molar-refractivity contribution is 5.99. The van der Waals surface area contributed by atoms with Crippen molar-refractivity contribution >= 4 is 17.5 Å². The number of hydrogen-bond donors (Lipinski definition) is 0. The molecule has 0 amide bonds. The fourth-order valence-corrected chi connectivity index (χ4v) is 5.15. The van der Waals surface area contributed by atoms with Crippen LogP contribution in [0.4, 0.5) is 11.8 Å². The summed E-state index contributed by atoms with van der Waals surface area (Å²) in [7, 11) is 4.77.